The van der Waals surface area contributed by atoms with E-state index in [9.17, 15) is 0 Å². The lowest BCUT2D eigenvalue weighted by Gasteiger charge is -2.34. The van der Waals surface area contributed by atoms with Crippen molar-refractivity contribution in [3.05, 3.63) is 499 Å². The van der Waals surface area contributed by atoms with Crippen LogP contribution in [0.4, 0.5) is 34.1 Å². The minimum atomic E-state index is -0.414. The molecule has 0 radical (unpaired) electrons. The van der Waals surface area contributed by atoms with E-state index in [0.29, 0.717) is 0 Å². The number of benzene rings is 17. The summed E-state index contributed by atoms with van der Waals surface area (Å²) in [4.78, 5) is 4.85. The first-order valence-corrected chi connectivity index (χ1v) is 40.3. The van der Waals surface area contributed by atoms with Crippen LogP contribution in [0.2, 0.25) is 0 Å². The Kier molecular flexibility index (Phi) is 19.4. The number of nitrogens with zero attached hydrogens (tertiary/aromatic N) is 2. The van der Waals surface area contributed by atoms with Crippen molar-refractivity contribution in [2.45, 2.75) is 36.5 Å². The fourth-order valence-electron chi connectivity index (χ4n) is 18.3. The Morgan fingerprint density at radius 2 is 0.543 bits per heavy atom. The van der Waals surface area contributed by atoms with Crippen LogP contribution in [0.25, 0.3) is 108 Å². The number of rotatable bonds is 23. The second-order valence-corrected chi connectivity index (χ2v) is 31.1. The number of anilines is 6. The molecule has 1 unspecified atom stereocenters. The molecule has 0 aliphatic heterocycles. The van der Waals surface area contributed by atoms with Crippen LogP contribution < -0.4 is 9.80 Å². The molecule has 0 bridgehead atoms. The molecule has 0 spiro atoms. The Hall–Kier alpha value is -14.4. The highest BCUT2D eigenvalue weighted by atomic mass is 15.1. The molecule has 2 aliphatic rings. The normalized spacial score (nSPS) is 13.5. The number of hydrogen-bond donors (Lipinski definition) is 0. The Labute approximate surface area is 682 Å². The standard InChI is InChI=1S/C114H86N2/c1-4-80-35-45-85(46-36-80)76-113(77-86-47-37-81(5-2)38-48-86)108-32-17-15-30-104(108)106-71-61-97(74-110(106)113)94-59-66-100(67-60-94)115(98-62-53-91(54-63-98)89-22-9-7-10-23-89)99-64-57-93(58-65-99)96-28-19-21-84(73-96)44-41-83-42-51-88(52-43-83)79-114(78-87-49-39-82(6-3)40-50-87)109-33-18-16-31-105(109)107-72-70-102(75-111(107)114)116(112-34-20-27-95-26-13-14-29-103(95)112)101-68-55-92(56-69-101)90-24-11-8-12-25-90/h4-75H,1-3,76-79H2/b44-41+. The van der Waals surface area contributed by atoms with E-state index in [4.69, 9.17) is 0 Å². The fraction of sp³-hybridized carbons (Fsp3) is 0.0526. The van der Waals surface area contributed by atoms with Gasteiger partial charge in [0.1, 0.15) is 0 Å². The lowest BCUT2D eigenvalue weighted by atomic mass is 9.69. The topological polar surface area (TPSA) is 6.48 Å². The van der Waals surface area contributed by atoms with E-state index in [-0.39, 0.29) is 5.41 Å². The maximum absolute atomic E-state index is 4.11. The van der Waals surface area contributed by atoms with E-state index in [2.05, 4.69) is 448 Å². The largest absolute Gasteiger partial charge is 0.311 e. The molecule has 19 rings (SSSR count). The quantitative estimate of drug-likeness (QED) is 0.0589. The first kappa shape index (κ1) is 71.8. The van der Waals surface area contributed by atoms with E-state index >= 15 is 0 Å². The van der Waals surface area contributed by atoms with Crippen molar-refractivity contribution in [3.63, 3.8) is 0 Å². The molecule has 2 nitrogen and oxygen atoms in total. The van der Waals surface area contributed by atoms with Crippen LogP contribution >= 0.6 is 0 Å². The van der Waals surface area contributed by atoms with E-state index < -0.39 is 5.41 Å². The van der Waals surface area contributed by atoms with Crippen molar-refractivity contribution in [1.29, 1.82) is 0 Å². The molecule has 0 aromatic heterocycles. The van der Waals surface area contributed by atoms with Crippen LogP contribution in [0.15, 0.2) is 426 Å². The third-order valence-electron chi connectivity index (χ3n) is 24.2. The van der Waals surface area contributed by atoms with Crippen molar-refractivity contribution in [3.8, 4) is 66.8 Å². The fourth-order valence-corrected chi connectivity index (χ4v) is 18.3. The SMILES string of the molecule is C=Cc1ccc(CC2(Cc3ccc(C=C)cc3)c3ccccc3-c3ccc(-c4ccc(N(c5ccc(-c6ccccc6)cc5)c5ccc(-c6cccc(/C=C/c7ccc(CC8(Cc9ccc(C=C)cc9)c9ccccc9-c9ccc(N(c%10ccc(-c%11ccccc%11)cc%10)c%10cccc%11ccccc%10%11)cc98)cc7)c6)cc5)cc4)cc32)cc1. The van der Waals surface area contributed by atoms with Crippen LogP contribution in [0.1, 0.15) is 72.3 Å². The molecule has 0 saturated heterocycles. The van der Waals surface area contributed by atoms with Gasteiger partial charge >= 0.3 is 0 Å². The molecule has 116 heavy (non-hydrogen) atoms. The monoisotopic (exact) mass is 1480 g/mol. The van der Waals surface area contributed by atoms with Gasteiger partial charge in [-0.3, -0.25) is 0 Å². The van der Waals surface area contributed by atoms with Crippen LogP contribution in [0, 0.1) is 0 Å². The summed E-state index contributed by atoms with van der Waals surface area (Å²) in [5.74, 6) is 0. The van der Waals surface area contributed by atoms with Gasteiger partial charge in [0.15, 0.2) is 0 Å². The summed E-state index contributed by atoms with van der Waals surface area (Å²) < 4.78 is 0. The average molecular weight is 1480 g/mol. The van der Waals surface area contributed by atoms with Crippen molar-refractivity contribution < 1.29 is 0 Å². The predicted octanol–water partition coefficient (Wildman–Crippen LogP) is 30.1. The second kappa shape index (κ2) is 31.3. The van der Waals surface area contributed by atoms with Gasteiger partial charge in [0.05, 0.1) is 5.69 Å². The van der Waals surface area contributed by atoms with E-state index in [1.165, 1.54) is 111 Å². The van der Waals surface area contributed by atoms with Crippen LogP contribution in [-0.2, 0) is 36.5 Å². The van der Waals surface area contributed by atoms with Gasteiger partial charge in [0.25, 0.3) is 0 Å². The molecule has 0 heterocycles. The van der Waals surface area contributed by atoms with Gasteiger partial charge in [-0.05, 0) is 249 Å². The van der Waals surface area contributed by atoms with Gasteiger partial charge in [-0.1, -0.05) is 378 Å². The molecule has 0 N–H and O–H groups in total. The van der Waals surface area contributed by atoms with Gasteiger partial charge in [-0.15, -0.1) is 0 Å². The number of fused-ring (bicyclic) bond motifs is 7. The summed E-state index contributed by atoms with van der Waals surface area (Å²) in [5, 5.41) is 2.40. The Balaban J connectivity index is 0.617. The van der Waals surface area contributed by atoms with Crippen LogP contribution in [0.5, 0.6) is 0 Å². The molecule has 552 valence electrons. The third-order valence-corrected chi connectivity index (χ3v) is 24.2. The van der Waals surface area contributed by atoms with Crippen LogP contribution in [-0.4, -0.2) is 0 Å². The van der Waals surface area contributed by atoms with Crippen LogP contribution in [0.3, 0.4) is 0 Å². The minimum Gasteiger partial charge on any atom is -0.311 e. The van der Waals surface area contributed by atoms with Crippen molar-refractivity contribution >= 4 is 75.3 Å². The Morgan fingerprint density at radius 1 is 0.216 bits per heavy atom. The number of hydrogen-bond acceptors (Lipinski definition) is 2. The summed E-state index contributed by atoms with van der Waals surface area (Å²) in [6.45, 7) is 12.2. The van der Waals surface area contributed by atoms with E-state index in [1.807, 2.05) is 18.2 Å². The molecule has 0 amide bonds. The summed E-state index contributed by atoms with van der Waals surface area (Å²) in [6.07, 6.45) is 13.6. The van der Waals surface area contributed by atoms with E-state index in [1.54, 1.807) is 0 Å². The molecular formula is C114H86N2. The van der Waals surface area contributed by atoms with Gasteiger partial charge < -0.3 is 9.80 Å². The molecule has 0 saturated carbocycles. The molecule has 2 heteroatoms. The maximum atomic E-state index is 4.11. The zero-order chi connectivity index (χ0) is 77.9. The first-order valence-electron chi connectivity index (χ1n) is 40.3. The zero-order valence-corrected chi connectivity index (χ0v) is 64.9. The third kappa shape index (κ3) is 13.9. The molecule has 0 fully saturated rings. The summed E-state index contributed by atoms with van der Waals surface area (Å²) >= 11 is 0. The summed E-state index contributed by atoms with van der Waals surface area (Å²) in [5.41, 5.74) is 36.6. The molecule has 17 aromatic carbocycles. The predicted molar refractivity (Wildman–Crippen MR) is 494 cm³/mol. The highest BCUT2D eigenvalue weighted by Gasteiger charge is 2.45. The first-order chi connectivity index (χ1) is 57.2. The molecule has 17 aromatic rings. The second-order valence-electron chi connectivity index (χ2n) is 31.1. The van der Waals surface area contributed by atoms with Gasteiger partial charge in [-0.25, -0.2) is 0 Å². The Bertz CT molecular complexity index is 6440. The molecule has 2 aliphatic carbocycles. The molecular weight excluding hydrogens is 1400 g/mol. The highest BCUT2D eigenvalue weighted by Crippen LogP contribution is 2.56. The Morgan fingerprint density at radius 3 is 1.02 bits per heavy atom. The van der Waals surface area contributed by atoms with Crippen molar-refractivity contribution in [2.75, 3.05) is 9.80 Å². The van der Waals surface area contributed by atoms with E-state index in [0.717, 1.165) is 98.8 Å². The van der Waals surface area contributed by atoms with Crippen molar-refractivity contribution in [1.82, 2.24) is 0 Å². The van der Waals surface area contributed by atoms with Gasteiger partial charge in [-0.2, -0.15) is 0 Å². The molecule has 1 atom stereocenters. The van der Waals surface area contributed by atoms with Gasteiger partial charge in [0.2, 0.25) is 0 Å². The summed E-state index contributed by atoms with van der Waals surface area (Å²) in [7, 11) is 0. The minimum absolute atomic E-state index is 0.323. The lowest BCUT2D eigenvalue weighted by molar-refractivity contribution is 0.520. The van der Waals surface area contributed by atoms with Gasteiger partial charge in [0, 0.05) is 44.7 Å². The van der Waals surface area contributed by atoms with Crippen molar-refractivity contribution in [2.24, 2.45) is 0 Å². The lowest BCUT2D eigenvalue weighted by Crippen LogP contribution is -2.31. The zero-order valence-electron chi connectivity index (χ0n) is 64.9. The highest BCUT2D eigenvalue weighted by molar-refractivity contribution is 6.00. The smallest absolute Gasteiger partial charge is 0.0540 e. The maximum Gasteiger partial charge on any atom is 0.0540 e. The summed E-state index contributed by atoms with van der Waals surface area (Å²) in [6, 6.07) is 151. The average Bonchev–Trinajstić information content (AvgIpc) is 1.56.